The lowest BCUT2D eigenvalue weighted by Gasteiger charge is -2.01. The zero-order chi connectivity index (χ0) is 9.07. The Labute approximate surface area is 75.9 Å². The first kappa shape index (κ1) is 11.9. The largest absolute Gasteiger partial charge is 0.381 e. The summed E-state index contributed by atoms with van der Waals surface area (Å²) in [5.41, 5.74) is 0. The molecule has 2 heteroatoms. The highest BCUT2D eigenvalue weighted by Gasteiger charge is 1.90. The summed E-state index contributed by atoms with van der Waals surface area (Å²) >= 11 is 0. The monoisotopic (exact) mass is 173 g/mol. The summed E-state index contributed by atoms with van der Waals surface area (Å²) in [6.07, 6.45) is 6.53. The maximum absolute atomic E-state index is 10.1. The van der Waals surface area contributed by atoms with Crippen LogP contribution in [0.4, 0.5) is 0 Å². The summed E-state index contributed by atoms with van der Waals surface area (Å²) < 4.78 is 5.38. The Morgan fingerprint density at radius 2 is 1.58 bits per heavy atom. The van der Waals surface area contributed by atoms with Crippen LogP contribution in [-0.2, 0) is 9.84 Å². The van der Waals surface area contributed by atoms with Gasteiger partial charge in [-0.05, 0) is 19.3 Å². The van der Waals surface area contributed by atoms with E-state index in [1.807, 2.05) is 0 Å². The minimum Gasteiger partial charge on any atom is -0.381 e. The van der Waals surface area contributed by atoms with Gasteiger partial charge in [0.25, 0.3) is 0 Å². The van der Waals surface area contributed by atoms with Gasteiger partial charge in [-0.15, -0.1) is 0 Å². The van der Waals surface area contributed by atoms with Gasteiger partial charge in [0, 0.05) is 13.2 Å². The van der Waals surface area contributed by atoms with E-state index in [1.54, 1.807) is 0 Å². The standard InChI is InChI=1S/C10H21O2/c1-2-3-9-12-10-7-5-4-6-8-11/h2-10H2,1H3. The van der Waals surface area contributed by atoms with Crippen LogP contribution in [0.5, 0.6) is 0 Å². The molecule has 0 aromatic rings. The first-order valence-electron chi connectivity index (χ1n) is 5.07. The number of hydrogen-bond donors (Lipinski definition) is 0. The Hall–Kier alpha value is -0.0800. The second-order valence-electron chi connectivity index (χ2n) is 3.08. The van der Waals surface area contributed by atoms with Crippen LogP contribution in [0.15, 0.2) is 0 Å². The van der Waals surface area contributed by atoms with Crippen LogP contribution < -0.4 is 0 Å². The predicted octanol–water partition coefficient (Wildman–Crippen LogP) is 2.79. The summed E-state index contributed by atoms with van der Waals surface area (Å²) in [5, 5.41) is 10.1. The van der Waals surface area contributed by atoms with E-state index in [-0.39, 0.29) is 6.61 Å². The Morgan fingerprint density at radius 1 is 0.917 bits per heavy atom. The Balaban J connectivity index is 2.73. The highest BCUT2D eigenvalue weighted by atomic mass is 16.5. The van der Waals surface area contributed by atoms with Gasteiger partial charge in [0.2, 0.25) is 0 Å². The SMILES string of the molecule is CCCCOCCCCCC[O]. The second kappa shape index (κ2) is 10.9. The highest BCUT2D eigenvalue weighted by molar-refractivity contribution is 4.41. The molecule has 0 aromatic carbocycles. The third kappa shape index (κ3) is 9.92. The van der Waals surface area contributed by atoms with E-state index >= 15 is 0 Å². The fraction of sp³-hybridized carbons (Fsp3) is 1.00. The van der Waals surface area contributed by atoms with Gasteiger partial charge in [-0.1, -0.05) is 26.2 Å². The van der Waals surface area contributed by atoms with Gasteiger partial charge >= 0.3 is 0 Å². The molecule has 0 unspecified atom stereocenters. The van der Waals surface area contributed by atoms with Gasteiger partial charge in [-0.25, -0.2) is 5.11 Å². The van der Waals surface area contributed by atoms with Crippen molar-refractivity contribution in [2.24, 2.45) is 0 Å². The molecule has 0 N–H and O–H groups in total. The minimum absolute atomic E-state index is 0.0801. The zero-order valence-corrected chi connectivity index (χ0v) is 8.18. The van der Waals surface area contributed by atoms with Gasteiger partial charge in [-0.3, -0.25) is 0 Å². The Kier molecular flexibility index (Phi) is 10.8. The lowest BCUT2D eigenvalue weighted by atomic mass is 10.2. The zero-order valence-electron chi connectivity index (χ0n) is 8.18. The van der Waals surface area contributed by atoms with Crippen LogP contribution in [0.3, 0.4) is 0 Å². The van der Waals surface area contributed by atoms with Crippen molar-refractivity contribution in [1.29, 1.82) is 0 Å². The third-order valence-corrected chi connectivity index (χ3v) is 1.83. The van der Waals surface area contributed by atoms with Gasteiger partial charge in [0.1, 0.15) is 0 Å². The van der Waals surface area contributed by atoms with Gasteiger partial charge < -0.3 is 4.74 Å². The average Bonchev–Trinajstić information content (AvgIpc) is 2.10. The molecule has 12 heavy (non-hydrogen) atoms. The molecule has 0 aromatic heterocycles. The predicted molar refractivity (Wildman–Crippen MR) is 49.7 cm³/mol. The maximum Gasteiger partial charge on any atom is 0.0822 e. The summed E-state index contributed by atoms with van der Waals surface area (Å²) in [4.78, 5) is 0. The van der Waals surface area contributed by atoms with E-state index in [2.05, 4.69) is 6.92 Å². The molecule has 73 valence electrons. The summed E-state index contributed by atoms with van der Waals surface area (Å²) in [5.74, 6) is 0. The van der Waals surface area contributed by atoms with E-state index in [0.717, 1.165) is 38.9 Å². The molecule has 0 saturated heterocycles. The molecular formula is C10H21O2. The summed E-state index contributed by atoms with van der Waals surface area (Å²) in [6.45, 7) is 4.02. The van der Waals surface area contributed by atoms with Crippen molar-refractivity contribution in [3.05, 3.63) is 0 Å². The molecule has 0 fully saturated rings. The van der Waals surface area contributed by atoms with Gasteiger partial charge in [-0.2, -0.15) is 0 Å². The fourth-order valence-corrected chi connectivity index (χ4v) is 1.01. The molecule has 0 rings (SSSR count). The average molecular weight is 173 g/mol. The second-order valence-corrected chi connectivity index (χ2v) is 3.08. The molecule has 0 aliphatic rings. The highest BCUT2D eigenvalue weighted by Crippen LogP contribution is 1.99. The van der Waals surface area contributed by atoms with Gasteiger partial charge in [0.15, 0.2) is 0 Å². The number of rotatable bonds is 9. The lowest BCUT2D eigenvalue weighted by Crippen LogP contribution is -1.96. The van der Waals surface area contributed by atoms with Crippen molar-refractivity contribution < 1.29 is 9.84 Å². The van der Waals surface area contributed by atoms with E-state index in [9.17, 15) is 5.11 Å². The van der Waals surface area contributed by atoms with Crippen LogP contribution in [0.2, 0.25) is 0 Å². The fourth-order valence-electron chi connectivity index (χ4n) is 1.01. The third-order valence-electron chi connectivity index (χ3n) is 1.83. The van der Waals surface area contributed by atoms with E-state index < -0.39 is 0 Å². The number of ether oxygens (including phenoxy) is 1. The quantitative estimate of drug-likeness (QED) is 0.493. The molecule has 0 aliphatic heterocycles. The number of hydrogen-bond acceptors (Lipinski definition) is 1. The van der Waals surface area contributed by atoms with E-state index in [0.29, 0.717) is 0 Å². The summed E-state index contributed by atoms with van der Waals surface area (Å²) in [6, 6.07) is 0. The van der Waals surface area contributed by atoms with E-state index in [4.69, 9.17) is 4.74 Å². The molecule has 0 aliphatic carbocycles. The van der Waals surface area contributed by atoms with Crippen LogP contribution >= 0.6 is 0 Å². The van der Waals surface area contributed by atoms with Crippen molar-refractivity contribution in [3.63, 3.8) is 0 Å². The summed E-state index contributed by atoms with van der Waals surface area (Å²) in [7, 11) is 0. The normalized spacial score (nSPS) is 10.5. The lowest BCUT2D eigenvalue weighted by molar-refractivity contribution is 0.125. The Bertz CT molecular complexity index is 64.2. The molecule has 0 bridgehead atoms. The minimum atomic E-state index is 0.0801. The van der Waals surface area contributed by atoms with Crippen molar-refractivity contribution >= 4 is 0 Å². The van der Waals surface area contributed by atoms with Crippen LogP contribution in [0, 0.1) is 0 Å². The molecular weight excluding hydrogens is 152 g/mol. The van der Waals surface area contributed by atoms with E-state index in [1.165, 1.54) is 12.8 Å². The number of unbranched alkanes of at least 4 members (excludes halogenated alkanes) is 4. The van der Waals surface area contributed by atoms with Gasteiger partial charge in [0.05, 0.1) is 6.61 Å². The Morgan fingerprint density at radius 3 is 2.25 bits per heavy atom. The van der Waals surface area contributed by atoms with Crippen LogP contribution in [0.1, 0.15) is 45.4 Å². The topological polar surface area (TPSA) is 29.1 Å². The van der Waals surface area contributed by atoms with Crippen molar-refractivity contribution in [3.8, 4) is 0 Å². The van der Waals surface area contributed by atoms with Crippen molar-refractivity contribution in [2.75, 3.05) is 19.8 Å². The molecule has 1 radical (unpaired) electrons. The molecule has 0 heterocycles. The molecule has 0 atom stereocenters. The van der Waals surface area contributed by atoms with Crippen LogP contribution in [-0.4, -0.2) is 19.8 Å². The molecule has 2 nitrogen and oxygen atoms in total. The van der Waals surface area contributed by atoms with Crippen molar-refractivity contribution in [1.82, 2.24) is 0 Å². The first-order valence-corrected chi connectivity index (χ1v) is 5.07. The smallest absolute Gasteiger partial charge is 0.0822 e. The molecule has 0 saturated carbocycles. The molecule has 0 amide bonds. The van der Waals surface area contributed by atoms with Crippen LogP contribution in [0.25, 0.3) is 0 Å². The first-order chi connectivity index (χ1) is 5.91. The van der Waals surface area contributed by atoms with Crippen molar-refractivity contribution in [2.45, 2.75) is 45.4 Å². The maximum atomic E-state index is 10.1. The molecule has 0 spiro atoms.